The van der Waals surface area contributed by atoms with Crippen LogP contribution < -0.4 is 15.2 Å². The maximum atomic E-state index is 12.5. The number of piperidine rings is 1. The number of para-hydroxylation sites is 1. The van der Waals surface area contributed by atoms with Gasteiger partial charge in [-0.3, -0.25) is 4.79 Å². The number of benzene rings is 1. The van der Waals surface area contributed by atoms with Crippen molar-refractivity contribution in [2.45, 2.75) is 25.3 Å². The van der Waals surface area contributed by atoms with Crippen LogP contribution >= 0.6 is 0 Å². The Kier molecular flexibility index (Phi) is 4.56. The van der Waals surface area contributed by atoms with Crippen molar-refractivity contribution in [2.75, 3.05) is 19.7 Å². The molecule has 0 radical (unpaired) electrons. The highest BCUT2D eigenvalue weighted by Gasteiger charge is 2.31. The van der Waals surface area contributed by atoms with Crippen molar-refractivity contribution >= 4 is 16.1 Å². The average Bonchev–Trinajstić information content (AvgIpc) is 2.54. The van der Waals surface area contributed by atoms with Gasteiger partial charge in [0.05, 0.1) is 12.6 Å². The third kappa shape index (κ3) is 3.65. The van der Waals surface area contributed by atoms with Crippen molar-refractivity contribution in [1.82, 2.24) is 9.62 Å². The molecule has 0 aromatic heterocycles. The zero-order valence-corrected chi connectivity index (χ0v) is 13.6. The van der Waals surface area contributed by atoms with Crippen LogP contribution in [0.1, 0.15) is 30.9 Å². The molecule has 1 aromatic carbocycles. The molecule has 2 aliphatic rings. The van der Waals surface area contributed by atoms with Gasteiger partial charge in [-0.2, -0.15) is 12.7 Å². The first-order chi connectivity index (χ1) is 10.9. The molecule has 3 rings (SSSR count). The molecule has 126 valence electrons. The number of carbonyl (C=O) groups excluding carboxylic acids is 1. The first-order valence-corrected chi connectivity index (χ1v) is 9.25. The number of nitrogens with two attached hydrogens (primary N) is 1. The Morgan fingerprint density at radius 1 is 1.22 bits per heavy atom. The number of fused-ring (bicyclic) bond motifs is 1. The van der Waals surface area contributed by atoms with Crippen LogP contribution in [0.4, 0.5) is 0 Å². The Balaban J connectivity index is 1.61. The highest BCUT2D eigenvalue weighted by molar-refractivity contribution is 7.86. The number of hydrogen-bond acceptors (Lipinski definition) is 4. The van der Waals surface area contributed by atoms with Crippen molar-refractivity contribution < 1.29 is 17.9 Å². The normalized spacial score (nSPS) is 22.9. The Morgan fingerprint density at radius 3 is 2.61 bits per heavy atom. The number of nitrogens with zero attached hydrogens (tertiary/aromatic N) is 1. The van der Waals surface area contributed by atoms with Crippen molar-refractivity contribution in [3.63, 3.8) is 0 Å². The summed E-state index contributed by atoms with van der Waals surface area (Å²) in [4.78, 5) is 12.5. The van der Waals surface area contributed by atoms with E-state index in [1.165, 1.54) is 4.31 Å². The molecule has 0 bridgehead atoms. The second kappa shape index (κ2) is 6.46. The minimum atomic E-state index is -3.66. The maximum absolute atomic E-state index is 12.5. The molecule has 1 saturated heterocycles. The largest absolute Gasteiger partial charge is 0.493 e. The molecule has 1 aromatic rings. The lowest BCUT2D eigenvalue weighted by molar-refractivity contribution is -0.127. The lowest BCUT2D eigenvalue weighted by Crippen LogP contribution is -2.46. The molecular formula is C15H21N3O4S. The zero-order chi connectivity index (χ0) is 16.4. The number of carbonyl (C=O) groups is 1. The first-order valence-electron chi connectivity index (χ1n) is 7.75. The van der Waals surface area contributed by atoms with Gasteiger partial charge in [-0.1, -0.05) is 18.2 Å². The van der Waals surface area contributed by atoms with E-state index in [4.69, 9.17) is 9.88 Å². The molecule has 23 heavy (non-hydrogen) atoms. The van der Waals surface area contributed by atoms with Crippen LogP contribution in [0.15, 0.2) is 24.3 Å². The molecular weight excluding hydrogens is 318 g/mol. The summed E-state index contributed by atoms with van der Waals surface area (Å²) >= 11 is 0. The number of amides is 1. The second-order valence-corrected chi connectivity index (χ2v) is 7.50. The van der Waals surface area contributed by atoms with E-state index in [0.29, 0.717) is 32.5 Å². The summed E-state index contributed by atoms with van der Waals surface area (Å²) in [6.07, 6.45) is 1.72. The van der Waals surface area contributed by atoms with Crippen LogP contribution in [0.3, 0.4) is 0 Å². The van der Waals surface area contributed by atoms with Crippen LogP contribution in [-0.4, -0.2) is 38.3 Å². The van der Waals surface area contributed by atoms with Gasteiger partial charge < -0.3 is 10.1 Å². The van der Waals surface area contributed by atoms with Gasteiger partial charge in [0.1, 0.15) is 5.75 Å². The highest BCUT2D eigenvalue weighted by Crippen LogP contribution is 2.32. The van der Waals surface area contributed by atoms with Gasteiger partial charge >= 0.3 is 0 Å². The maximum Gasteiger partial charge on any atom is 0.276 e. The Hall–Kier alpha value is -1.64. The molecule has 7 nitrogen and oxygen atoms in total. The fraction of sp³-hybridized carbons (Fsp3) is 0.533. The molecule has 2 aliphatic heterocycles. The van der Waals surface area contributed by atoms with E-state index in [9.17, 15) is 13.2 Å². The highest BCUT2D eigenvalue weighted by atomic mass is 32.2. The zero-order valence-electron chi connectivity index (χ0n) is 12.8. The van der Waals surface area contributed by atoms with Crippen LogP contribution in [0.5, 0.6) is 5.75 Å². The number of nitrogens with one attached hydrogen (secondary N) is 1. The monoisotopic (exact) mass is 339 g/mol. The topological polar surface area (TPSA) is 102 Å². The molecule has 1 atom stereocenters. The quantitative estimate of drug-likeness (QED) is 0.839. The van der Waals surface area contributed by atoms with Crippen molar-refractivity contribution in [1.29, 1.82) is 0 Å². The molecule has 1 fully saturated rings. The summed E-state index contributed by atoms with van der Waals surface area (Å²) in [5.41, 5.74) is 0.995. The first kappa shape index (κ1) is 16.2. The lowest BCUT2D eigenvalue weighted by Gasteiger charge is -2.31. The standard InChI is InChI=1S/C15H21N3O4S/c16-23(20,21)18-8-5-11(6-9-18)15(19)17-13-7-10-22-14-4-2-1-3-12(13)14/h1-4,11,13H,5-10H2,(H,17,19)(H2,16,20,21)/t13-/m1/s1. The molecule has 8 heteroatoms. The Bertz CT molecular complexity index is 684. The van der Waals surface area contributed by atoms with Crippen LogP contribution in [-0.2, 0) is 15.0 Å². The predicted octanol–water partition coefficient (Wildman–Crippen LogP) is 0.542. The van der Waals surface area contributed by atoms with Crippen molar-refractivity contribution in [2.24, 2.45) is 11.1 Å². The number of rotatable bonds is 3. The fourth-order valence-corrected chi connectivity index (χ4v) is 3.87. The van der Waals surface area contributed by atoms with Crippen LogP contribution in [0.25, 0.3) is 0 Å². The van der Waals surface area contributed by atoms with Gasteiger partial charge in [0, 0.05) is 31.0 Å². The third-order valence-corrected chi connectivity index (χ3v) is 5.54. The van der Waals surface area contributed by atoms with E-state index >= 15 is 0 Å². The van der Waals surface area contributed by atoms with E-state index in [-0.39, 0.29) is 17.9 Å². The average molecular weight is 339 g/mol. The molecule has 0 saturated carbocycles. The number of ether oxygens (including phenoxy) is 1. The van der Waals surface area contributed by atoms with Crippen LogP contribution in [0, 0.1) is 5.92 Å². The molecule has 2 heterocycles. The summed E-state index contributed by atoms with van der Waals surface area (Å²) in [5, 5.41) is 8.20. The van der Waals surface area contributed by atoms with E-state index < -0.39 is 10.2 Å². The van der Waals surface area contributed by atoms with E-state index in [0.717, 1.165) is 17.7 Å². The minimum Gasteiger partial charge on any atom is -0.493 e. The molecule has 3 N–H and O–H groups in total. The van der Waals surface area contributed by atoms with Gasteiger partial charge in [0.2, 0.25) is 5.91 Å². The number of hydrogen-bond donors (Lipinski definition) is 2. The van der Waals surface area contributed by atoms with Crippen LogP contribution in [0.2, 0.25) is 0 Å². The molecule has 0 unspecified atom stereocenters. The molecule has 0 spiro atoms. The smallest absolute Gasteiger partial charge is 0.276 e. The van der Waals surface area contributed by atoms with Gasteiger partial charge in [-0.15, -0.1) is 0 Å². The molecule has 1 amide bonds. The summed E-state index contributed by atoms with van der Waals surface area (Å²) in [6.45, 7) is 1.16. The van der Waals surface area contributed by atoms with Gasteiger partial charge in [0.25, 0.3) is 10.2 Å². The Labute approximate surface area is 136 Å². The van der Waals surface area contributed by atoms with E-state index in [2.05, 4.69) is 5.32 Å². The lowest BCUT2D eigenvalue weighted by atomic mass is 9.95. The van der Waals surface area contributed by atoms with Gasteiger partial charge in [-0.05, 0) is 18.9 Å². The third-order valence-electron chi connectivity index (χ3n) is 4.46. The van der Waals surface area contributed by atoms with Crippen molar-refractivity contribution in [3.05, 3.63) is 29.8 Å². The summed E-state index contributed by atoms with van der Waals surface area (Å²) in [6, 6.07) is 7.65. The molecule has 0 aliphatic carbocycles. The van der Waals surface area contributed by atoms with E-state index in [1.54, 1.807) is 0 Å². The summed E-state index contributed by atoms with van der Waals surface area (Å²) in [5.74, 6) is 0.608. The fourth-order valence-electron chi connectivity index (χ4n) is 3.15. The SMILES string of the molecule is NS(=O)(=O)N1CCC(C(=O)N[C@@H]2CCOc3ccccc32)CC1. The van der Waals surface area contributed by atoms with Gasteiger partial charge in [0.15, 0.2) is 0 Å². The van der Waals surface area contributed by atoms with Gasteiger partial charge in [-0.25, -0.2) is 5.14 Å². The van der Waals surface area contributed by atoms with E-state index in [1.807, 2.05) is 24.3 Å². The Morgan fingerprint density at radius 2 is 1.91 bits per heavy atom. The second-order valence-electron chi connectivity index (χ2n) is 5.95. The summed E-state index contributed by atoms with van der Waals surface area (Å²) in [7, 11) is -3.66. The van der Waals surface area contributed by atoms with Crippen molar-refractivity contribution in [3.8, 4) is 5.75 Å². The summed E-state index contributed by atoms with van der Waals surface area (Å²) < 4.78 is 29.4. The predicted molar refractivity (Wildman–Crippen MR) is 84.8 cm³/mol. The minimum absolute atomic E-state index is 0.0271.